The van der Waals surface area contributed by atoms with Crippen molar-refractivity contribution in [3.05, 3.63) is 46.8 Å². The molecule has 1 aromatic carbocycles. The lowest BCUT2D eigenvalue weighted by atomic mass is 10.1. The quantitative estimate of drug-likeness (QED) is 0.879. The highest BCUT2D eigenvalue weighted by atomic mass is 32.2. The van der Waals surface area contributed by atoms with Crippen LogP contribution in [0.5, 0.6) is 0 Å². The number of nitrogens with zero attached hydrogens (tertiary/aromatic N) is 3. The second kappa shape index (κ2) is 6.74. The Bertz CT molecular complexity index is 852. The highest BCUT2D eigenvalue weighted by molar-refractivity contribution is 7.89. The minimum atomic E-state index is -3.49. The number of hydrogen-bond donors (Lipinski definition) is 1. The average molecular weight is 350 g/mol. The van der Waals surface area contributed by atoms with Crippen molar-refractivity contribution in [1.29, 1.82) is 0 Å². The van der Waals surface area contributed by atoms with Crippen LogP contribution in [0, 0.1) is 13.8 Å². The van der Waals surface area contributed by atoms with Crippen molar-refractivity contribution in [3.63, 3.8) is 0 Å². The van der Waals surface area contributed by atoms with Gasteiger partial charge in [-0.15, -0.1) is 0 Å². The average Bonchev–Trinajstić information content (AvgIpc) is 2.77. The molecule has 24 heavy (non-hydrogen) atoms. The molecule has 0 spiro atoms. The van der Waals surface area contributed by atoms with Crippen LogP contribution in [0.3, 0.4) is 0 Å². The van der Waals surface area contributed by atoms with Crippen LogP contribution in [0.2, 0.25) is 0 Å². The van der Waals surface area contributed by atoms with E-state index in [1.54, 1.807) is 4.68 Å². The molecule has 0 unspecified atom stereocenters. The highest BCUT2D eigenvalue weighted by Gasteiger charge is 2.18. The van der Waals surface area contributed by atoms with Crippen LogP contribution in [-0.4, -0.2) is 42.5 Å². The first-order valence-corrected chi connectivity index (χ1v) is 8.88. The van der Waals surface area contributed by atoms with Crippen molar-refractivity contribution in [3.8, 4) is 0 Å². The van der Waals surface area contributed by atoms with E-state index >= 15 is 0 Å². The molecular weight excluding hydrogens is 328 g/mol. The molecule has 0 saturated heterocycles. The second-order valence-electron chi connectivity index (χ2n) is 5.77. The fraction of sp³-hybridized carbons (Fsp3) is 0.375. The summed E-state index contributed by atoms with van der Waals surface area (Å²) in [6.07, 6.45) is 0. The van der Waals surface area contributed by atoms with Crippen molar-refractivity contribution < 1.29 is 13.2 Å². The zero-order valence-electron chi connectivity index (χ0n) is 14.5. The van der Waals surface area contributed by atoms with E-state index in [0.29, 0.717) is 12.1 Å². The Hall–Kier alpha value is -2.19. The number of benzene rings is 1. The van der Waals surface area contributed by atoms with Crippen LogP contribution in [-0.2, 0) is 23.6 Å². The second-order valence-corrected chi connectivity index (χ2v) is 7.92. The molecule has 2 rings (SSSR count). The van der Waals surface area contributed by atoms with E-state index in [9.17, 15) is 13.2 Å². The Morgan fingerprint density at radius 3 is 2.25 bits per heavy atom. The van der Waals surface area contributed by atoms with Gasteiger partial charge in [-0.1, -0.05) is 0 Å². The number of carbonyl (C=O) groups is 1. The van der Waals surface area contributed by atoms with Gasteiger partial charge in [0.1, 0.15) is 0 Å². The third-order valence-electron chi connectivity index (χ3n) is 3.98. The first kappa shape index (κ1) is 18.2. The topological polar surface area (TPSA) is 84.3 Å². The third-order valence-corrected chi connectivity index (χ3v) is 5.81. The lowest BCUT2D eigenvalue weighted by Crippen LogP contribution is -2.24. The highest BCUT2D eigenvalue weighted by Crippen LogP contribution is 2.15. The van der Waals surface area contributed by atoms with Gasteiger partial charge in [0.05, 0.1) is 10.6 Å². The fourth-order valence-corrected chi connectivity index (χ4v) is 3.23. The summed E-state index contributed by atoms with van der Waals surface area (Å²) in [4.78, 5) is 12.4. The van der Waals surface area contributed by atoms with E-state index in [-0.39, 0.29) is 10.8 Å². The number of carbonyl (C=O) groups excluding carboxylic acids is 1. The molecule has 0 aliphatic rings. The van der Waals surface area contributed by atoms with Crippen LogP contribution in [0.15, 0.2) is 29.2 Å². The Labute approximate surface area is 142 Å². The smallest absolute Gasteiger partial charge is 0.251 e. The van der Waals surface area contributed by atoms with Gasteiger partial charge in [-0.3, -0.25) is 9.48 Å². The standard InChI is InChI=1S/C16H22N4O3S/c1-11-15(12(2)20(5)18-11)10-17-16(21)13-6-8-14(9-7-13)24(22,23)19(3)4/h6-9H,10H2,1-5H3,(H,17,21). The molecule has 130 valence electrons. The first-order chi connectivity index (χ1) is 11.1. The maximum absolute atomic E-state index is 12.2. The molecule has 0 atom stereocenters. The molecule has 0 radical (unpaired) electrons. The summed E-state index contributed by atoms with van der Waals surface area (Å²) in [6.45, 7) is 4.22. The Morgan fingerprint density at radius 1 is 1.21 bits per heavy atom. The number of aryl methyl sites for hydroxylation is 2. The predicted molar refractivity (Wildman–Crippen MR) is 91.2 cm³/mol. The summed E-state index contributed by atoms with van der Waals surface area (Å²) in [5.41, 5.74) is 3.27. The summed E-state index contributed by atoms with van der Waals surface area (Å²) >= 11 is 0. The number of aromatic nitrogens is 2. The van der Waals surface area contributed by atoms with E-state index in [1.165, 1.54) is 38.4 Å². The van der Waals surface area contributed by atoms with Crippen molar-refractivity contribution in [2.45, 2.75) is 25.3 Å². The van der Waals surface area contributed by atoms with E-state index in [0.717, 1.165) is 21.3 Å². The Morgan fingerprint density at radius 2 is 1.79 bits per heavy atom. The van der Waals surface area contributed by atoms with Gasteiger partial charge in [-0.2, -0.15) is 5.10 Å². The van der Waals surface area contributed by atoms with Crippen molar-refractivity contribution >= 4 is 15.9 Å². The monoisotopic (exact) mass is 350 g/mol. The maximum Gasteiger partial charge on any atom is 0.251 e. The molecule has 2 aromatic rings. The lowest BCUT2D eigenvalue weighted by Gasteiger charge is -2.11. The van der Waals surface area contributed by atoms with Gasteiger partial charge >= 0.3 is 0 Å². The van der Waals surface area contributed by atoms with Gasteiger partial charge in [0.25, 0.3) is 5.91 Å². The Kier molecular flexibility index (Phi) is 5.10. The molecular formula is C16H22N4O3S. The number of nitrogens with one attached hydrogen (secondary N) is 1. The molecule has 0 saturated carbocycles. The lowest BCUT2D eigenvalue weighted by molar-refractivity contribution is 0.0950. The number of sulfonamides is 1. The van der Waals surface area contributed by atoms with Gasteiger partial charge in [-0.05, 0) is 38.1 Å². The minimum Gasteiger partial charge on any atom is -0.348 e. The largest absolute Gasteiger partial charge is 0.348 e. The molecule has 1 aromatic heterocycles. The van der Waals surface area contributed by atoms with Crippen molar-refractivity contribution in [1.82, 2.24) is 19.4 Å². The SMILES string of the molecule is Cc1nn(C)c(C)c1CNC(=O)c1ccc(S(=O)(=O)N(C)C)cc1. The molecule has 1 amide bonds. The number of hydrogen-bond acceptors (Lipinski definition) is 4. The third kappa shape index (κ3) is 3.49. The Balaban J connectivity index is 2.11. The van der Waals surface area contributed by atoms with Gasteiger partial charge < -0.3 is 5.32 Å². The van der Waals surface area contributed by atoms with Gasteiger partial charge in [-0.25, -0.2) is 12.7 Å². The molecule has 0 aliphatic carbocycles. The molecule has 1 heterocycles. The maximum atomic E-state index is 12.2. The summed E-state index contributed by atoms with van der Waals surface area (Å²) in [5, 5.41) is 7.15. The zero-order chi connectivity index (χ0) is 18.1. The van der Waals surface area contributed by atoms with E-state index in [4.69, 9.17) is 0 Å². The van der Waals surface area contributed by atoms with Gasteiger partial charge in [0, 0.05) is 44.5 Å². The van der Waals surface area contributed by atoms with Crippen LogP contribution in [0.25, 0.3) is 0 Å². The molecule has 0 aliphatic heterocycles. The minimum absolute atomic E-state index is 0.156. The fourth-order valence-electron chi connectivity index (χ4n) is 2.33. The molecule has 7 nitrogen and oxygen atoms in total. The van der Waals surface area contributed by atoms with Crippen LogP contribution >= 0.6 is 0 Å². The normalized spacial score (nSPS) is 11.8. The van der Waals surface area contributed by atoms with Crippen LogP contribution < -0.4 is 5.32 Å². The summed E-state index contributed by atoms with van der Waals surface area (Å²) < 4.78 is 26.9. The number of rotatable bonds is 5. The zero-order valence-corrected chi connectivity index (χ0v) is 15.3. The summed E-state index contributed by atoms with van der Waals surface area (Å²) in [5.74, 6) is -0.258. The van der Waals surface area contributed by atoms with E-state index in [1.807, 2.05) is 20.9 Å². The van der Waals surface area contributed by atoms with Crippen LogP contribution in [0.4, 0.5) is 0 Å². The summed E-state index contributed by atoms with van der Waals surface area (Å²) in [6, 6.07) is 5.89. The van der Waals surface area contributed by atoms with Gasteiger partial charge in [0.2, 0.25) is 10.0 Å². The first-order valence-electron chi connectivity index (χ1n) is 7.44. The van der Waals surface area contributed by atoms with Crippen LogP contribution in [0.1, 0.15) is 27.3 Å². The van der Waals surface area contributed by atoms with E-state index < -0.39 is 10.0 Å². The van der Waals surface area contributed by atoms with E-state index in [2.05, 4.69) is 10.4 Å². The predicted octanol–water partition coefficient (Wildman–Crippen LogP) is 1.22. The van der Waals surface area contributed by atoms with Gasteiger partial charge in [0.15, 0.2) is 0 Å². The molecule has 8 heteroatoms. The van der Waals surface area contributed by atoms with Crippen molar-refractivity contribution in [2.75, 3.05) is 14.1 Å². The molecule has 0 fully saturated rings. The summed E-state index contributed by atoms with van der Waals surface area (Å²) in [7, 11) is 1.30. The van der Waals surface area contributed by atoms with Crippen molar-refractivity contribution in [2.24, 2.45) is 7.05 Å². The number of amides is 1. The molecule has 0 bridgehead atoms. The molecule has 1 N–H and O–H groups in total.